The third kappa shape index (κ3) is 9.92. The smallest absolute Gasteiger partial charge is 0.351 e. The van der Waals surface area contributed by atoms with E-state index >= 15 is 4.39 Å². The highest BCUT2D eigenvalue weighted by Crippen LogP contribution is 2.37. The van der Waals surface area contributed by atoms with Crippen LogP contribution in [0.3, 0.4) is 0 Å². The van der Waals surface area contributed by atoms with Crippen molar-refractivity contribution in [2.75, 3.05) is 33.0 Å². The molecule has 2 bridgehead atoms. The number of aliphatic hydroxyl groups is 2. The summed E-state index contributed by atoms with van der Waals surface area (Å²) in [6.07, 6.45) is -6.14. The second-order valence-corrected chi connectivity index (χ2v) is 16.4. The summed E-state index contributed by atoms with van der Waals surface area (Å²) in [7, 11) is 3.61. The lowest BCUT2D eigenvalue weighted by atomic mass is 9.77. The molecule has 0 spiro atoms. The number of aliphatic hydroxyl groups excluding tert-OH is 1. The van der Waals surface area contributed by atoms with Gasteiger partial charge in [0.15, 0.2) is 23.7 Å². The number of Topliss-reactive ketones (excluding diaryl/α,β-unsaturated/α-hetero) is 2. The van der Waals surface area contributed by atoms with Crippen LogP contribution in [0.1, 0.15) is 73.3 Å². The maximum absolute atomic E-state index is 16.6. The molecule has 58 heavy (non-hydrogen) atoms. The summed E-state index contributed by atoms with van der Waals surface area (Å²) in [6, 6.07) is 4.60. The Labute approximate surface area is 337 Å². The zero-order valence-electron chi connectivity index (χ0n) is 34.6. The number of nitrogen functional groups attached to an aromatic ring is 1. The molecule has 13 atom stereocenters. The van der Waals surface area contributed by atoms with Gasteiger partial charge in [-0.1, -0.05) is 44.1 Å². The molecule has 3 aliphatic heterocycles. The maximum Gasteiger partial charge on any atom is 0.351 e. The van der Waals surface area contributed by atoms with Gasteiger partial charge in [-0.2, -0.15) is 0 Å². The standard InChI is InChI=1S/C40H58FN5O12/c1-10-30-40(7,51)36-22(4)32(47)20(2)13-29(52-18-25(19-53-36)44-54-17-24-11-12-26(43-16-24)28-15-31(42)45-58-28)34(23(5)35(49)39(6,41)38(50)56-30)57-37-33(48)27(46(8)9)14-21(3)55-37/h11-12,15-16,20-23,27,29-30,33-34,36-37,48,51H,10,13-14,17-19H2,1-9H3,(H2,42,45)/b44-25-/t20-,21-,22+,23-,27+,29-,30-,33-,34-,36+,37+,39+,40-/m1/s1. The zero-order valence-corrected chi connectivity index (χ0v) is 34.6. The minimum absolute atomic E-state index is 0.0192. The predicted octanol–water partition coefficient (Wildman–Crippen LogP) is 3.04. The molecule has 17 nitrogen and oxygen atoms in total. The van der Waals surface area contributed by atoms with Gasteiger partial charge in [0.05, 0.1) is 37.6 Å². The van der Waals surface area contributed by atoms with E-state index in [2.05, 4.69) is 15.3 Å². The van der Waals surface area contributed by atoms with Gasteiger partial charge < -0.3 is 53.9 Å². The molecule has 0 unspecified atom stereocenters. The highest BCUT2D eigenvalue weighted by atomic mass is 19.1. The van der Waals surface area contributed by atoms with E-state index in [1.807, 2.05) is 11.8 Å². The summed E-state index contributed by atoms with van der Waals surface area (Å²) in [5.74, 6) is -5.62. The molecule has 3 fully saturated rings. The Morgan fingerprint density at radius 2 is 1.78 bits per heavy atom. The first kappa shape index (κ1) is 45.2. The van der Waals surface area contributed by atoms with Crippen LogP contribution in [0.5, 0.6) is 0 Å². The molecule has 3 saturated heterocycles. The minimum Gasteiger partial charge on any atom is -0.457 e. The average Bonchev–Trinajstić information content (AvgIpc) is 3.61. The van der Waals surface area contributed by atoms with Crippen LogP contribution in [0.25, 0.3) is 11.5 Å². The van der Waals surface area contributed by atoms with Crippen molar-refractivity contribution < 1.29 is 62.0 Å². The average molecular weight is 820 g/mol. The van der Waals surface area contributed by atoms with Crippen molar-refractivity contribution in [3.05, 3.63) is 30.0 Å². The number of nitrogens with two attached hydrogens (primary N) is 1. The second-order valence-electron chi connectivity index (χ2n) is 16.4. The Bertz CT molecular complexity index is 1770. The Hall–Kier alpha value is -3.91. The molecular weight excluding hydrogens is 761 g/mol. The van der Waals surface area contributed by atoms with Gasteiger partial charge in [0.25, 0.3) is 5.67 Å². The number of carbonyl (C=O) groups is 3. The normalized spacial score (nSPS) is 37.8. The van der Waals surface area contributed by atoms with E-state index in [0.29, 0.717) is 23.4 Å². The quantitative estimate of drug-likeness (QED) is 0.198. The number of halogens is 1. The fraction of sp³-hybridized carbons (Fsp3) is 0.700. The fourth-order valence-electron chi connectivity index (χ4n) is 7.98. The van der Waals surface area contributed by atoms with Crippen molar-refractivity contribution in [3.8, 4) is 11.5 Å². The van der Waals surface area contributed by atoms with E-state index in [9.17, 15) is 24.6 Å². The van der Waals surface area contributed by atoms with E-state index in [0.717, 1.165) is 6.92 Å². The number of pyridine rings is 1. The Kier molecular flexibility index (Phi) is 14.5. The second kappa shape index (κ2) is 18.6. The molecule has 2 aromatic heterocycles. The number of carbonyl (C=O) groups excluding carboxylic acids is 3. The number of anilines is 1. The van der Waals surface area contributed by atoms with Crippen LogP contribution < -0.4 is 5.73 Å². The van der Waals surface area contributed by atoms with Crippen LogP contribution >= 0.6 is 0 Å². The van der Waals surface area contributed by atoms with Gasteiger partial charge in [-0.15, -0.1) is 0 Å². The summed E-state index contributed by atoms with van der Waals surface area (Å²) in [5.41, 5.74) is 1.72. The number of fused-ring (bicyclic) bond motifs is 5. The molecule has 322 valence electrons. The lowest BCUT2D eigenvalue weighted by Gasteiger charge is -2.44. The highest BCUT2D eigenvalue weighted by molar-refractivity contribution is 6.07. The predicted molar refractivity (Wildman–Crippen MR) is 206 cm³/mol. The molecule has 18 heteroatoms. The van der Waals surface area contributed by atoms with E-state index in [1.165, 1.54) is 13.8 Å². The van der Waals surface area contributed by atoms with Crippen LogP contribution in [-0.2, 0) is 49.5 Å². The number of hydrogen-bond donors (Lipinski definition) is 3. The summed E-state index contributed by atoms with van der Waals surface area (Å²) in [6.45, 7) is 9.59. The van der Waals surface area contributed by atoms with Crippen molar-refractivity contribution in [3.63, 3.8) is 0 Å². The lowest BCUT2D eigenvalue weighted by molar-refractivity contribution is -0.284. The Morgan fingerprint density at radius 3 is 2.40 bits per heavy atom. The molecule has 0 radical (unpaired) electrons. The molecule has 2 aromatic rings. The van der Waals surface area contributed by atoms with Crippen LogP contribution in [0.4, 0.5) is 10.2 Å². The molecule has 0 aromatic carbocycles. The number of ether oxygens (including phenoxy) is 5. The van der Waals surface area contributed by atoms with Gasteiger partial charge in [0.1, 0.15) is 41.6 Å². The van der Waals surface area contributed by atoms with Crippen LogP contribution in [0, 0.1) is 17.8 Å². The van der Waals surface area contributed by atoms with Crippen molar-refractivity contribution in [1.82, 2.24) is 15.0 Å². The van der Waals surface area contributed by atoms with Crippen LogP contribution in [0.2, 0.25) is 0 Å². The summed E-state index contributed by atoms with van der Waals surface area (Å²) in [4.78, 5) is 54.0. The van der Waals surface area contributed by atoms with Crippen LogP contribution in [-0.4, -0.2) is 136 Å². The van der Waals surface area contributed by atoms with Crippen LogP contribution in [0.15, 0.2) is 34.1 Å². The first-order valence-electron chi connectivity index (χ1n) is 19.7. The first-order chi connectivity index (χ1) is 27.3. The van der Waals surface area contributed by atoms with Crippen molar-refractivity contribution in [2.24, 2.45) is 22.9 Å². The number of ketones is 2. The molecule has 5 rings (SSSR count). The molecule has 0 amide bonds. The number of rotatable bonds is 8. The molecule has 3 aliphatic rings. The topological polar surface area (TPSA) is 228 Å². The first-order valence-corrected chi connectivity index (χ1v) is 19.7. The van der Waals surface area contributed by atoms with Gasteiger partial charge in [0.2, 0.25) is 0 Å². The van der Waals surface area contributed by atoms with E-state index in [-0.39, 0.29) is 56.1 Å². The van der Waals surface area contributed by atoms with Crippen molar-refractivity contribution in [1.29, 1.82) is 0 Å². The van der Waals surface area contributed by atoms with Gasteiger partial charge in [-0.05, 0) is 60.2 Å². The molecular formula is C40H58FN5O12. The largest absolute Gasteiger partial charge is 0.457 e. The van der Waals surface area contributed by atoms with Gasteiger partial charge >= 0.3 is 5.97 Å². The minimum atomic E-state index is -3.20. The maximum atomic E-state index is 16.6. The number of cyclic esters (lactones) is 1. The van der Waals surface area contributed by atoms with E-state index in [1.54, 1.807) is 59.3 Å². The number of nitrogens with zero attached hydrogens (tertiary/aromatic N) is 4. The zero-order chi connectivity index (χ0) is 42.7. The number of likely N-dealkylation sites (N-methyl/N-ethyl adjacent to an activating group) is 1. The lowest BCUT2D eigenvalue weighted by Crippen LogP contribution is -2.59. The number of esters is 1. The van der Waals surface area contributed by atoms with Gasteiger partial charge in [0, 0.05) is 41.6 Å². The number of alkyl halides is 1. The van der Waals surface area contributed by atoms with Crippen molar-refractivity contribution in [2.45, 2.75) is 135 Å². The monoisotopic (exact) mass is 819 g/mol. The third-order valence-corrected chi connectivity index (χ3v) is 11.4. The number of aromatic nitrogens is 2. The van der Waals surface area contributed by atoms with Crippen molar-refractivity contribution >= 4 is 29.1 Å². The van der Waals surface area contributed by atoms with Gasteiger partial charge in [-0.25, -0.2) is 9.18 Å². The third-order valence-electron chi connectivity index (χ3n) is 11.4. The highest BCUT2D eigenvalue weighted by Gasteiger charge is 2.54. The molecule has 0 aliphatic carbocycles. The summed E-state index contributed by atoms with van der Waals surface area (Å²) < 4.78 is 52.7. The molecule has 5 heterocycles. The SMILES string of the molecule is CC[C@H]1OC(=O)[C@@](C)(F)C(=O)[C@H](C)[C@@H](O[C@@H]2O[C@H](C)C[C@H](N(C)C)[C@H]2O)[C@H]2C[C@@H](C)C(=O)[C@H](C)[C@H](OC/C(=N\OCc3ccc(-c4cc(N)no4)nc3)CO2)[C@]1(C)O. The number of oxime groups is 1. The van der Waals surface area contributed by atoms with E-state index in [4.69, 9.17) is 38.8 Å². The Balaban J connectivity index is 1.55. The van der Waals surface area contributed by atoms with Gasteiger partial charge in [-0.3, -0.25) is 14.6 Å². The fourth-order valence-corrected chi connectivity index (χ4v) is 7.98. The Morgan fingerprint density at radius 1 is 1.07 bits per heavy atom. The van der Waals surface area contributed by atoms with E-state index < -0.39 is 83.6 Å². The molecule has 0 saturated carbocycles. The summed E-state index contributed by atoms with van der Waals surface area (Å²) in [5, 5.41) is 31.5. The number of hydrogen-bond acceptors (Lipinski definition) is 17. The summed E-state index contributed by atoms with van der Waals surface area (Å²) >= 11 is 0. The molecule has 4 N–H and O–H groups in total.